The van der Waals surface area contributed by atoms with Gasteiger partial charge in [0.1, 0.15) is 24.8 Å². The van der Waals surface area contributed by atoms with Crippen molar-refractivity contribution in [2.75, 3.05) is 57.0 Å². The first-order valence-corrected chi connectivity index (χ1v) is 25.1. The molecule has 2 aromatic rings. The van der Waals surface area contributed by atoms with Crippen LogP contribution in [0, 0.1) is 13.8 Å². The van der Waals surface area contributed by atoms with Gasteiger partial charge in [0.05, 0.1) is 18.0 Å². The molecule has 0 aliphatic carbocycles. The molecule has 0 fully saturated rings. The van der Waals surface area contributed by atoms with Crippen LogP contribution in [-0.4, -0.2) is 82.4 Å². The van der Waals surface area contributed by atoms with E-state index in [-0.39, 0.29) is 20.1 Å². The van der Waals surface area contributed by atoms with Crippen molar-refractivity contribution in [1.29, 1.82) is 0 Å². The third-order valence-electron chi connectivity index (χ3n) is 6.83. The topological polar surface area (TPSA) is 107 Å². The minimum absolute atomic E-state index is 0.00750. The minimum atomic E-state index is -3.73. The normalized spacial score (nSPS) is 13.2. The van der Waals surface area contributed by atoms with Gasteiger partial charge >= 0.3 is 0 Å². The number of hydrogen-bond acceptors (Lipinski definition) is 8. The average molecular weight is 734 g/mol. The predicted octanol–water partition coefficient (Wildman–Crippen LogP) is 6.54. The lowest BCUT2D eigenvalue weighted by molar-refractivity contribution is 0.0222. The summed E-state index contributed by atoms with van der Waals surface area (Å²) < 4.78 is 51.5. The summed E-state index contributed by atoms with van der Waals surface area (Å²) >= 11 is 3.57. The molecule has 0 aliphatic heterocycles. The molecule has 0 aliphatic rings. The molecule has 13 heteroatoms. The Hall–Kier alpha value is -1.46. The number of aliphatic hydroxyl groups is 1. The van der Waals surface area contributed by atoms with Gasteiger partial charge in [0, 0.05) is 46.9 Å². The SMILES string of the molecule is Cc1cc(OCCNC[C@H](O)c2ccc(OCOCC[Si](C)(C)C)c(N(COCC[Si](C)(C)C)S(C)(=O)=O)c2)cc(C)c1Br. The van der Waals surface area contributed by atoms with Crippen molar-refractivity contribution in [3.63, 3.8) is 0 Å². The number of anilines is 1. The van der Waals surface area contributed by atoms with Gasteiger partial charge < -0.3 is 29.4 Å². The summed E-state index contributed by atoms with van der Waals surface area (Å²) in [6.07, 6.45) is 0.254. The molecule has 250 valence electrons. The van der Waals surface area contributed by atoms with Gasteiger partial charge in [0.15, 0.2) is 6.79 Å². The lowest BCUT2D eigenvalue weighted by Gasteiger charge is -2.26. The first-order valence-electron chi connectivity index (χ1n) is 15.1. The third kappa shape index (κ3) is 14.3. The quantitative estimate of drug-likeness (QED) is 0.0899. The number of nitrogens with one attached hydrogen (secondary N) is 1. The molecule has 0 bridgehead atoms. The fraction of sp³-hybridized carbons (Fsp3) is 0.613. The Bertz CT molecular complexity index is 1280. The molecule has 0 heterocycles. The Morgan fingerprint density at radius 2 is 1.50 bits per heavy atom. The van der Waals surface area contributed by atoms with E-state index in [0.29, 0.717) is 43.4 Å². The van der Waals surface area contributed by atoms with E-state index in [2.05, 4.69) is 60.5 Å². The van der Waals surface area contributed by atoms with E-state index < -0.39 is 32.3 Å². The van der Waals surface area contributed by atoms with Gasteiger partial charge in [0.25, 0.3) is 0 Å². The maximum Gasteiger partial charge on any atom is 0.234 e. The lowest BCUT2D eigenvalue weighted by Crippen LogP contribution is -2.34. The molecule has 0 saturated heterocycles. The van der Waals surface area contributed by atoms with Crippen LogP contribution in [0.15, 0.2) is 34.8 Å². The molecule has 0 amide bonds. The summed E-state index contributed by atoms with van der Waals surface area (Å²) in [6, 6.07) is 10.9. The highest BCUT2D eigenvalue weighted by molar-refractivity contribution is 9.10. The summed E-state index contributed by atoms with van der Waals surface area (Å²) in [5, 5.41) is 14.2. The summed E-state index contributed by atoms with van der Waals surface area (Å²) in [7, 11) is -6.34. The van der Waals surface area contributed by atoms with Crippen molar-refractivity contribution < 1.29 is 32.5 Å². The number of halogens is 1. The number of aryl methyl sites for hydroxylation is 2. The summed E-state index contributed by atoms with van der Waals surface area (Å²) in [4.78, 5) is 0. The Labute approximate surface area is 275 Å². The van der Waals surface area contributed by atoms with Gasteiger partial charge in [0.2, 0.25) is 10.0 Å². The van der Waals surface area contributed by atoms with Crippen LogP contribution in [0.5, 0.6) is 11.5 Å². The second kappa shape index (κ2) is 17.5. The van der Waals surface area contributed by atoms with E-state index in [9.17, 15) is 13.5 Å². The number of ether oxygens (including phenoxy) is 4. The fourth-order valence-electron chi connectivity index (χ4n) is 4.06. The van der Waals surface area contributed by atoms with Crippen molar-refractivity contribution in [2.45, 2.75) is 71.3 Å². The zero-order valence-electron chi connectivity index (χ0n) is 28.0. The van der Waals surface area contributed by atoms with E-state index in [1.165, 1.54) is 4.31 Å². The van der Waals surface area contributed by atoms with E-state index in [1.807, 2.05) is 26.0 Å². The van der Waals surface area contributed by atoms with Gasteiger partial charge in [-0.05, 0) is 66.9 Å². The molecular formula is C31H53BrN2O7SSi2. The van der Waals surface area contributed by atoms with Crippen LogP contribution in [0.4, 0.5) is 5.69 Å². The molecular weight excluding hydrogens is 680 g/mol. The van der Waals surface area contributed by atoms with Crippen LogP contribution < -0.4 is 19.1 Å². The second-order valence-corrected chi connectivity index (χ2v) is 27.5. The average Bonchev–Trinajstić information content (AvgIpc) is 2.89. The van der Waals surface area contributed by atoms with Gasteiger partial charge in [-0.2, -0.15) is 0 Å². The van der Waals surface area contributed by atoms with Crippen molar-refractivity contribution in [2.24, 2.45) is 0 Å². The summed E-state index contributed by atoms with van der Waals surface area (Å²) in [5.74, 6) is 1.14. The number of aliphatic hydroxyl groups excluding tert-OH is 1. The van der Waals surface area contributed by atoms with Crippen LogP contribution in [-0.2, 0) is 19.5 Å². The van der Waals surface area contributed by atoms with E-state index >= 15 is 0 Å². The van der Waals surface area contributed by atoms with Gasteiger partial charge in [-0.3, -0.25) is 0 Å². The molecule has 0 spiro atoms. The smallest absolute Gasteiger partial charge is 0.234 e. The predicted molar refractivity (Wildman–Crippen MR) is 189 cm³/mol. The molecule has 1 atom stereocenters. The van der Waals surface area contributed by atoms with Crippen LogP contribution in [0.1, 0.15) is 22.8 Å². The Morgan fingerprint density at radius 3 is 2.07 bits per heavy atom. The van der Waals surface area contributed by atoms with Crippen LogP contribution >= 0.6 is 15.9 Å². The van der Waals surface area contributed by atoms with Crippen molar-refractivity contribution in [3.05, 3.63) is 51.5 Å². The first-order chi connectivity index (χ1) is 20.4. The zero-order valence-corrected chi connectivity index (χ0v) is 32.4. The number of nitrogens with zero attached hydrogens (tertiary/aromatic N) is 1. The Morgan fingerprint density at radius 1 is 0.909 bits per heavy atom. The van der Waals surface area contributed by atoms with E-state index in [0.717, 1.165) is 39.7 Å². The third-order valence-corrected chi connectivity index (χ3v) is 12.6. The largest absolute Gasteiger partial charge is 0.492 e. The fourth-order valence-corrected chi connectivity index (χ4v) is 6.57. The number of benzene rings is 2. The highest BCUT2D eigenvalue weighted by Gasteiger charge is 2.24. The number of hydrogen-bond donors (Lipinski definition) is 2. The van der Waals surface area contributed by atoms with Gasteiger partial charge in [-0.25, -0.2) is 12.7 Å². The monoisotopic (exact) mass is 732 g/mol. The standard InChI is InChI=1S/C31H53BrN2O7SSi2/c1-24-18-27(19-25(2)31(24)32)40-13-12-33-21-29(35)26-10-11-30(41-23-39-15-17-44(7,8)9)28(20-26)34(42(3,36)37)22-38-14-16-43(4,5)6/h10-11,18-20,29,33,35H,12-17,21-23H2,1-9H3/t29-/m0/s1. The van der Waals surface area contributed by atoms with Crippen LogP contribution in [0.25, 0.3) is 0 Å². The Kier molecular flexibility index (Phi) is 15.4. The van der Waals surface area contributed by atoms with Crippen molar-refractivity contribution >= 4 is 47.8 Å². The molecule has 0 aromatic heterocycles. The highest BCUT2D eigenvalue weighted by atomic mass is 79.9. The zero-order chi connectivity index (χ0) is 33.1. The molecule has 0 saturated carbocycles. The highest BCUT2D eigenvalue weighted by Crippen LogP contribution is 2.33. The van der Waals surface area contributed by atoms with Gasteiger partial charge in [-0.15, -0.1) is 0 Å². The van der Waals surface area contributed by atoms with E-state index in [4.69, 9.17) is 18.9 Å². The second-order valence-electron chi connectivity index (χ2n) is 13.6. The summed E-state index contributed by atoms with van der Waals surface area (Å²) in [6.45, 7) is 19.7. The van der Waals surface area contributed by atoms with E-state index in [1.54, 1.807) is 18.2 Å². The first kappa shape index (κ1) is 38.7. The maximum atomic E-state index is 12.9. The van der Waals surface area contributed by atoms with Gasteiger partial charge in [-0.1, -0.05) is 61.3 Å². The van der Waals surface area contributed by atoms with Crippen LogP contribution in [0.3, 0.4) is 0 Å². The van der Waals surface area contributed by atoms with Crippen LogP contribution in [0.2, 0.25) is 51.4 Å². The molecule has 0 unspecified atom stereocenters. The minimum Gasteiger partial charge on any atom is -0.492 e. The Balaban J connectivity index is 2.12. The van der Waals surface area contributed by atoms with Crippen molar-refractivity contribution in [3.8, 4) is 11.5 Å². The molecule has 44 heavy (non-hydrogen) atoms. The molecule has 0 radical (unpaired) electrons. The maximum absolute atomic E-state index is 12.9. The van der Waals surface area contributed by atoms with Crippen molar-refractivity contribution in [1.82, 2.24) is 5.32 Å². The lowest BCUT2D eigenvalue weighted by atomic mass is 10.1. The molecule has 2 N–H and O–H groups in total. The number of rotatable bonds is 20. The summed E-state index contributed by atoms with van der Waals surface area (Å²) in [5.41, 5.74) is 3.06. The molecule has 2 rings (SSSR count). The molecule has 9 nitrogen and oxygen atoms in total. The number of sulfonamides is 1. The molecule has 2 aromatic carbocycles.